The van der Waals surface area contributed by atoms with Crippen molar-refractivity contribution in [2.45, 2.75) is 32.5 Å². The summed E-state index contributed by atoms with van der Waals surface area (Å²) in [5.74, 6) is 1.08. The van der Waals surface area contributed by atoms with Crippen LogP contribution in [0.4, 0.5) is 0 Å². The second-order valence-electron chi connectivity index (χ2n) is 4.78. The summed E-state index contributed by atoms with van der Waals surface area (Å²) in [6.07, 6.45) is 4.08. The Bertz CT molecular complexity index is 366. The summed E-state index contributed by atoms with van der Waals surface area (Å²) in [5.41, 5.74) is 0. The molecule has 0 saturated carbocycles. The Morgan fingerprint density at radius 1 is 1.56 bits per heavy atom. The van der Waals surface area contributed by atoms with E-state index in [2.05, 4.69) is 40.7 Å². The first kappa shape index (κ1) is 13.5. The number of nitrogens with one attached hydrogen (secondary N) is 1. The second kappa shape index (κ2) is 6.31. The average molecular weight is 252 g/mol. The van der Waals surface area contributed by atoms with E-state index >= 15 is 0 Å². The number of morpholine rings is 1. The van der Waals surface area contributed by atoms with E-state index in [9.17, 15) is 0 Å². The molecule has 1 aliphatic rings. The van der Waals surface area contributed by atoms with Crippen molar-refractivity contribution in [2.24, 2.45) is 0 Å². The maximum atomic E-state index is 5.93. The van der Waals surface area contributed by atoms with E-state index in [1.165, 1.54) is 0 Å². The minimum absolute atomic E-state index is 0.174. The van der Waals surface area contributed by atoms with Crippen LogP contribution in [0.5, 0.6) is 0 Å². The molecule has 1 aromatic rings. The number of aromatic nitrogens is 2. The molecule has 5 heteroatoms. The van der Waals surface area contributed by atoms with Gasteiger partial charge in [-0.1, -0.05) is 6.92 Å². The Hall–Kier alpha value is -0.910. The molecule has 0 bridgehead atoms. The standard InChI is InChI=1S/C13H24N4O/c1-4-14-12(11-10-16(3)8-9-18-11)13-15-6-7-17(13)5-2/h6-7,11-12,14H,4-5,8-10H2,1-3H3. The van der Waals surface area contributed by atoms with E-state index in [-0.39, 0.29) is 12.1 Å². The van der Waals surface area contributed by atoms with E-state index in [0.717, 1.165) is 38.6 Å². The molecular formula is C13H24N4O. The lowest BCUT2D eigenvalue weighted by Crippen LogP contribution is -2.47. The van der Waals surface area contributed by atoms with Crippen molar-refractivity contribution >= 4 is 0 Å². The quantitative estimate of drug-likeness (QED) is 0.845. The molecule has 5 nitrogen and oxygen atoms in total. The highest BCUT2D eigenvalue weighted by Gasteiger charge is 2.30. The van der Waals surface area contributed by atoms with Gasteiger partial charge in [0, 0.05) is 32.0 Å². The maximum Gasteiger partial charge on any atom is 0.128 e. The fourth-order valence-corrected chi connectivity index (χ4v) is 2.49. The first-order chi connectivity index (χ1) is 8.76. The SMILES string of the molecule is CCNC(c1nccn1CC)C1CN(C)CCO1. The van der Waals surface area contributed by atoms with Crippen LogP contribution in [0.2, 0.25) is 0 Å². The summed E-state index contributed by atoms with van der Waals surface area (Å²) in [7, 11) is 2.14. The molecule has 0 aromatic carbocycles. The third kappa shape index (κ3) is 2.91. The van der Waals surface area contributed by atoms with Crippen LogP contribution in [0.15, 0.2) is 12.4 Å². The number of imidazole rings is 1. The number of likely N-dealkylation sites (N-methyl/N-ethyl adjacent to an activating group) is 2. The zero-order chi connectivity index (χ0) is 13.0. The molecule has 1 N–H and O–H groups in total. The molecular weight excluding hydrogens is 228 g/mol. The van der Waals surface area contributed by atoms with Gasteiger partial charge < -0.3 is 19.5 Å². The third-order valence-electron chi connectivity index (χ3n) is 3.46. The smallest absolute Gasteiger partial charge is 0.128 e. The highest BCUT2D eigenvalue weighted by molar-refractivity contribution is 5.03. The Morgan fingerprint density at radius 2 is 2.39 bits per heavy atom. The van der Waals surface area contributed by atoms with Crippen LogP contribution in [0, 0.1) is 0 Å². The van der Waals surface area contributed by atoms with Crippen LogP contribution in [-0.4, -0.2) is 53.8 Å². The molecule has 1 saturated heterocycles. The second-order valence-corrected chi connectivity index (χ2v) is 4.78. The Kier molecular flexibility index (Phi) is 4.74. The number of hydrogen-bond donors (Lipinski definition) is 1. The summed E-state index contributed by atoms with van der Waals surface area (Å²) in [6, 6.07) is 0.174. The largest absolute Gasteiger partial charge is 0.373 e. The average Bonchev–Trinajstić information content (AvgIpc) is 2.84. The zero-order valence-electron chi connectivity index (χ0n) is 11.6. The molecule has 1 aliphatic heterocycles. The number of nitrogens with zero attached hydrogens (tertiary/aromatic N) is 3. The summed E-state index contributed by atoms with van der Waals surface area (Å²) in [5, 5.41) is 3.52. The predicted molar refractivity (Wildman–Crippen MR) is 71.6 cm³/mol. The number of hydrogen-bond acceptors (Lipinski definition) is 4. The molecule has 1 fully saturated rings. The van der Waals surface area contributed by atoms with Crippen molar-refractivity contribution < 1.29 is 4.74 Å². The van der Waals surface area contributed by atoms with Crippen LogP contribution in [-0.2, 0) is 11.3 Å². The van der Waals surface area contributed by atoms with Crippen molar-refractivity contribution in [1.82, 2.24) is 19.8 Å². The minimum Gasteiger partial charge on any atom is -0.373 e. The topological polar surface area (TPSA) is 42.3 Å². The first-order valence-electron chi connectivity index (χ1n) is 6.80. The molecule has 0 aliphatic carbocycles. The van der Waals surface area contributed by atoms with Crippen LogP contribution in [0.3, 0.4) is 0 Å². The molecule has 0 spiro atoms. The van der Waals surface area contributed by atoms with Gasteiger partial charge >= 0.3 is 0 Å². The lowest BCUT2D eigenvalue weighted by atomic mass is 10.1. The third-order valence-corrected chi connectivity index (χ3v) is 3.46. The minimum atomic E-state index is 0.174. The van der Waals surface area contributed by atoms with Crippen molar-refractivity contribution in [3.63, 3.8) is 0 Å². The molecule has 18 heavy (non-hydrogen) atoms. The van der Waals surface area contributed by atoms with Gasteiger partial charge in [-0.3, -0.25) is 0 Å². The van der Waals surface area contributed by atoms with Gasteiger partial charge in [0.25, 0.3) is 0 Å². The van der Waals surface area contributed by atoms with Crippen LogP contribution < -0.4 is 5.32 Å². The molecule has 1 aromatic heterocycles. The normalized spacial score (nSPS) is 23.2. The highest BCUT2D eigenvalue weighted by Crippen LogP contribution is 2.21. The van der Waals surface area contributed by atoms with E-state index in [1.54, 1.807) is 0 Å². The van der Waals surface area contributed by atoms with E-state index < -0.39 is 0 Å². The summed E-state index contributed by atoms with van der Waals surface area (Å²) < 4.78 is 8.11. The van der Waals surface area contributed by atoms with E-state index in [4.69, 9.17) is 4.74 Å². The van der Waals surface area contributed by atoms with Crippen molar-refractivity contribution in [3.05, 3.63) is 18.2 Å². The Morgan fingerprint density at radius 3 is 3.06 bits per heavy atom. The fourth-order valence-electron chi connectivity index (χ4n) is 2.49. The van der Waals surface area contributed by atoms with Crippen molar-refractivity contribution in [2.75, 3.05) is 33.3 Å². The van der Waals surface area contributed by atoms with Gasteiger partial charge in [0.05, 0.1) is 18.8 Å². The Labute approximate surface area is 109 Å². The van der Waals surface area contributed by atoms with Crippen LogP contribution >= 0.6 is 0 Å². The van der Waals surface area contributed by atoms with E-state index in [0.29, 0.717) is 0 Å². The maximum absolute atomic E-state index is 5.93. The molecule has 102 valence electrons. The summed E-state index contributed by atoms with van der Waals surface area (Å²) in [4.78, 5) is 6.83. The van der Waals surface area contributed by atoms with E-state index in [1.807, 2.05) is 12.4 Å². The van der Waals surface area contributed by atoms with Gasteiger partial charge in [0.2, 0.25) is 0 Å². The number of aryl methyl sites for hydroxylation is 1. The molecule has 2 rings (SSSR count). The number of rotatable bonds is 5. The lowest BCUT2D eigenvalue weighted by Gasteiger charge is -2.35. The Balaban J connectivity index is 2.16. The molecule has 2 unspecified atom stereocenters. The summed E-state index contributed by atoms with van der Waals surface area (Å²) in [6.45, 7) is 8.90. The summed E-state index contributed by atoms with van der Waals surface area (Å²) >= 11 is 0. The van der Waals surface area contributed by atoms with Crippen LogP contribution in [0.1, 0.15) is 25.7 Å². The van der Waals surface area contributed by atoms with Gasteiger partial charge in [0.1, 0.15) is 5.82 Å². The van der Waals surface area contributed by atoms with Gasteiger partial charge in [-0.15, -0.1) is 0 Å². The molecule has 0 amide bonds. The molecule has 2 atom stereocenters. The lowest BCUT2D eigenvalue weighted by molar-refractivity contribution is -0.0410. The van der Waals surface area contributed by atoms with Crippen LogP contribution in [0.25, 0.3) is 0 Å². The fraction of sp³-hybridized carbons (Fsp3) is 0.769. The van der Waals surface area contributed by atoms with Gasteiger partial charge in [-0.2, -0.15) is 0 Å². The van der Waals surface area contributed by atoms with Gasteiger partial charge in [-0.25, -0.2) is 4.98 Å². The highest BCUT2D eigenvalue weighted by atomic mass is 16.5. The molecule has 0 radical (unpaired) electrons. The van der Waals surface area contributed by atoms with Gasteiger partial charge in [-0.05, 0) is 20.5 Å². The van der Waals surface area contributed by atoms with Gasteiger partial charge in [0.15, 0.2) is 0 Å². The zero-order valence-corrected chi connectivity index (χ0v) is 11.6. The monoisotopic (exact) mass is 252 g/mol. The number of ether oxygens (including phenoxy) is 1. The predicted octanol–water partition coefficient (Wildman–Crippen LogP) is 0.884. The first-order valence-corrected chi connectivity index (χ1v) is 6.80. The molecule has 2 heterocycles. The van der Waals surface area contributed by atoms with Crippen molar-refractivity contribution in [3.8, 4) is 0 Å². The van der Waals surface area contributed by atoms with Crippen molar-refractivity contribution in [1.29, 1.82) is 0 Å².